The Hall–Kier alpha value is -1.16. The fourth-order valence-corrected chi connectivity index (χ4v) is 2.10. The van der Waals surface area contributed by atoms with Gasteiger partial charge in [0.1, 0.15) is 5.65 Å². The van der Waals surface area contributed by atoms with Gasteiger partial charge in [0.2, 0.25) is 0 Å². The molecular formula is C13H15BrN2O. The third-order valence-corrected chi connectivity index (χ3v) is 2.86. The fraction of sp³-hybridized carbons (Fsp3) is 0.385. The van der Waals surface area contributed by atoms with E-state index in [1.54, 1.807) is 16.7 Å². The molecule has 0 radical (unpaired) electrons. The van der Waals surface area contributed by atoms with E-state index in [0.717, 1.165) is 16.6 Å². The van der Waals surface area contributed by atoms with Gasteiger partial charge in [-0.25, -0.2) is 4.98 Å². The summed E-state index contributed by atoms with van der Waals surface area (Å²) >= 11 is 3.35. The van der Waals surface area contributed by atoms with Crippen LogP contribution < -0.4 is 5.56 Å². The van der Waals surface area contributed by atoms with E-state index in [1.165, 1.54) is 0 Å². The summed E-state index contributed by atoms with van der Waals surface area (Å²) in [7, 11) is 0. The minimum absolute atomic E-state index is 0.0319. The molecule has 0 aromatic carbocycles. The third-order valence-electron chi connectivity index (χ3n) is 2.39. The summed E-state index contributed by atoms with van der Waals surface area (Å²) < 4.78 is 2.42. The van der Waals surface area contributed by atoms with Crippen molar-refractivity contribution >= 4 is 21.6 Å². The average molecular weight is 295 g/mol. The van der Waals surface area contributed by atoms with Crippen LogP contribution in [0, 0.1) is 5.41 Å². The highest BCUT2D eigenvalue weighted by atomic mass is 79.9. The van der Waals surface area contributed by atoms with E-state index in [0.29, 0.717) is 5.65 Å². The van der Waals surface area contributed by atoms with Gasteiger partial charge in [0.25, 0.3) is 5.56 Å². The molecule has 0 fully saturated rings. The first kappa shape index (κ1) is 12.3. The van der Waals surface area contributed by atoms with E-state index in [2.05, 4.69) is 41.7 Å². The summed E-state index contributed by atoms with van der Waals surface area (Å²) in [5, 5.41) is 0. The molecule has 0 aliphatic heterocycles. The lowest BCUT2D eigenvalue weighted by Gasteiger charge is -2.17. The second-order valence-electron chi connectivity index (χ2n) is 5.40. The zero-order valence-corrected chi connectivity index (χ0v) is 11.8. The van der Waals surface area contributed by atoms with Crippen molar-refractivity contribution < 1.29 is 0 Å². The van der Waals surface area contributed by atoms with Crippen LogP contribution in [0.3, 0.4) is 0 Å². The summed E-state index contributed by atoms with van der Waals surface area (Å²) in [5.41, 5.74) is 1.65. The quantitative estimate of drug-likeness (QED) is 0.810. The lowest BCUT2D eigenvalue weighted by Crippen LogP contribution is -2.18. The monoisotopic (exact) mass is 294 g/mol. The molecule has 2 aromatic rings. The lowest BCUT2D eigenvalue weighted by atomic mass is 9.90. The van der Waals surface area contributed by atoms with Crippen molar-refractivity contribution in [2.45, 2.75) is 27.2 Å². The number of halogens is 1. The van der Waals surface area contributed by atoms with Crippen LogP contribution in [0.2, 0.25) is 0 Å². The van der Waals surface area contributed by atoms with E-state index >= 15 is 0 Å². The van der Waals surface area contributed by atoms with Crippen LogP contribution in [0.5, 0.6) is 0 Å². The summed E-state index contributed by atoms with van der Waals surface area (Å²) in [6.07, 6.45) is 2.54. The van der Waals surface area contributed by atoms with Gasteiger partial charge in [-0.3, -0.25) is 9.20 Å². The van der Waals surface area contributed by atoms with Crippen LogP contribution in [0.15, 0.2) is 33.7 Å². The number of rotatable bonds is 1. The van der Waals surface area contributed by atoms with Gasteiger partial charge in [-0.2, -0.15) is 0 Å². The first-order valence-corrected chi connectivity index (χ1v) is 6.32. The largest absolute Gasteiger partial charge is 0.269 e. The van der Waals surface area contributed by atoms with Gasteiger partial charge in [-0.1, -0.05) is 20.8 Å². The molecule has 17 heavy (non-hydrogen) atoms. The summed E-state index contributed by atoms with van der Waals surface area (Å²) in [6, 6.07) is 5.35. The fourth-order valence-electron chi connectivity index (χ4n) is 1.76. The van der Waals surface area contributed by atoms with Gasteiger partial charge in [0, 0.05) is 22.4 Å². The second-order valence-corrected chi connectivity index (χ2v) is 6.31. The van der Waals surface area contributed by atoms with Crippen LogP contribution in [-0.2, 0) is 6.42 Å². The topological polar surface area (TPSA) is 34.4 Å². The number of pyridine rings is 1. The normalized spacial score (nSPS) is 12.0. The third kappa shape index (κ3) is 2.94. The zero-order chi connectivity index (χ0) is 12.6. The van der Waals surface area contributed by atoms with E-state index in [1.807, 2.05) is 12.1 Å². The van der Waals surface area contributed by atoms with E-state index in [4.69, 9.17) is 0 Å². The average Bonchev–Trinajstić information content (AvgIpc) is 2.17. The van der Waals surface area contributed by atoms with Crippen molar-refractivity contribution in [2.75, 3.05) is 0 Å². The van der Waals surface area contributed by atoms with Gasteiger partial charge in [0.05, 0.1) is 0 Å². The minimum atomic E-state index is -0.0319. The van der Waals surface area contributed by atoms with Crippen LogP contribution in [0.1, 0.15) is 26.5 Å². The number of nitrogens with zero attached hydrogens (tertiary/aromatic N) is 2. The van der Waals surface area contributed by atoms with Gasteiger partial charge in [-0.05, 0) is 39.9 Å². The Morgan fingerprint density at radius 3 is 2.71 bits per heavy atom. The number of fused-ring (bicyclic) bond motifs is 1. The Morgan fingerprint density at radius 1 is 1.35 bits per heavy atom. The molecule has 0 aliphatic rings. The lowest BCUT2D eigenvalue weighted by molar-refractivity contribution is 0.406. The Balaban J connectivity index is 2.57. The summed E-state index contributed by atoms with van der Waals surface area (Å²) in [6.45, 7) is 6.41. The summed E-state index contributed by atoms with van der Waals surface area (Å²) in [5.74, 6) is 0. The SMILES string of the molecule is CC(C)(C)Cc1cc(=O)n2cc(Br)ccc2n1. The molecule has 0 aliphatic carbocycles. The molecule has 0 spiro atoms. The van der Waals surface area contributed by atoms with Crippen molar-refractivity contribution in [3.8, 4) is 0 Å². The maximum atomic E-state index is 11.9. The molecule has 0 N–H and O–H groups in total. The van der Waals surface area contributed by atoms with Crippen LogP contribution in [-0.4, -0.2) is 9.38 Å². The minimum Gasteiger partial charge on any atom is -0.269 e. The standard InChI is InChI=1S/C13H15BrN2O/c1-13(2,3)7-10-6-12(17)16-8-9(14)4-5-11(16)15-10/h4-6,8H,7H2,1-3H3. The first-order valence-electron chi connectivity index (χ1n) is 5.53. The van der Waals surface area contributed by atoms with Crippen molar-refractivity contribution in [1.82, 2.24) is 9.38 Å². The Kier molecular flexibility index (Phi) is 3.08. The molecule has 2 aromatic heterocycles. The van der Waals surface area contributed by atoms with Crippen molar-refractivity contribution in [2.24, 2.45) is 5.41 Å². The highest BCUT2D eigenvalue weighted by Gasteiger charge is 2.13. The highest BCUT2D eigenvalue weighted by molar-refractivity contribution is 9.10. The van der Waals surface area contributed by atoms with E-state index in [9.17, 15) is 4.79 Å². The predicted octanol–water partition coefficient (Wildman–Crippen LogP) is 3.05. The Bertz CT molecular complexity index is 611. The summed E-state index contributed by atoms with van der Waals surface area (Å²) in [4.78, 5) is 16.4. The highest BCUT2D eigenvalue weighted by Crippen LogP contribution is 2.19. The molecular weight excluding hydrogens is 280 g/mol. The molecule has 4 heteroatoms. The first-order chi connectivity index (χ1) is 7.85. The van der Waals surface area contributed by atoms with Gasteiger partial charge < -0.3 is 0 Å². The maximum absolute atomic E-state index is 11.9. The van der Waals surface area contributed by atoms with Crippen molar-refractivity contribution in [1.29, 1.82) is 0 Å². The van der Waals surface area contributed by atoms with E-state index < -0.39 is 0 Å². The molecule has 2 rings (SSSR count). The molecule has 0 saturated heterocycles. The van der Waals surface area contributed by atoms with Crippen LogP contribution >= 0.6 is 15.9 Å². The smallest absolute Gasteiger partial charge is 0.258 e. The molecule has 0 saturated carbocycles. The molecule has 0 unspecified atom stereocenters. The molecule has 0 atom stereocenters. The van der Waals surface area contributed by atoms with Gasteiger partial charge in [0.15, 0.2) is 0 Å². The van der Waals surface area contributed by atoms with Crippen molar-refractivity contribution in [3.63, 3.8) is 0 Å². The van der Waals surface area contributed by atoms with Crippen molar-refractivity contribution in [3.05, 3.63) is 44.9 Å². The molecule has 3 nitrogen and oxygen atoms in total. The molecule has 90 valence electrons. The van der Waals surface area contributed by atoms with Crippen LogP contribution in [0.25, 0.3) is 5.65 Å². The van der Waals surface area contributed by atoms with Gasteiger partial charge >= 0.3 is 0 Å². The number of hydrogen-bond acceptors (Lipinski definition) is 2. The second kappa shape index (κ2) is 4.26. The zero-order valence-electron chi connectivity index (χ0n) is 10.2. The van der Waals surface area contributed by atoms with Crippen LogP contribution in [0.4, 0.5) is 0 Å². The number of hydrogen-bond donors (Lipinski definition) is 0. The maximum Gasteiger partial charge on any atom is 0.258 e. The Labute approximate surface area is 109 Å². The molecule has 2 heterocycles. The van der Waals surface area contributed by atoms with Gasteiger partial charge in [-0.15, -0.1) is 0 Å². The molecule has 0 bridgehead atoms. The molecule has 0 amide bonds. The predicted molar refractivity (Wildman–Crippen MR) is 72.3 cm³/mol. The number of aromatic nitrogens is 2. The Morgan fingerprint density at radius 2 is 2.06 bits per heavy atom. The van der Waals surface area contributed by atoms with E-state index in [-0.39, 0.29) is 11.0 Å².